The Labute approximate surface area is 120 Å². The van der Waals surface area contributed by atoms with Crippen LogP contribution in [0.25, 0.3) is 0 Å². The van der Waals surface area contributed by atoms with Gasteiger partial charge in [-0.05, 0) is 26.7 Å². The zero-order valence-corrected chi connectivity index (χ0v) is 12.9. The maximum atomic E-state index is 12.3. The lowest BCUT2D eigenvalue weighted by atomic mass is 9.94. The first-order valence-corrected chi connectivity index (χ1v) is 7.14. The van der Waals surface area contributed by atoms with Crippen LogP contribution in [0, 0.1) is 0 Å². The molecule has 0 radical (unpaired) electrons. The molecule has 0 aromatic rings. The fourth-order valence-corrected chi connectivity index (χ4v) is 2.22. The van der Waals surface area contributed by atoms with Crippen molar-refractivity contribution in [2.45, 2.75) is 45.2 Å². The van der Waals surface area contributed by atoms with Crippen molar-refractivity contribution in [1.29, 1.82) is 0 Å². The Balaban J connectivity index is 2.51. The number of nitrogens with one attached hydrogen (secondary N) is 1. The second-order valence-corrected chi connectivity index (χ2v) is 5.44. The van der Waals surface area contributed by atoms with E-state index < -0.39 is 11.6 Å². The van der Waals surface area contributed by atoms with Gasteiger partial charge in [-0.25, -0.2) is 0 Å². The molecule has 6 heteroatoms. The zero-order valence-electron chi connectivity index (χ0n) is 12.9. The second-order valence-electron chi connectivity index (χ2n) is 5.44. The number of methoxy groups -OCH3 is 1. The van der Waals surface area contributed by atoms with E-state index in [1.54, 1.807) is 25.9 Å². The van der Waals surface area contributed by atoms with Crippen LogP contribution in [0.3, 0.4) is 0 Å². The highest BCUT2D eigenvalue weighted by Crippen LogP contribution is 2.22. The molecular weight excluding hydrogens is 260 g/mol. The zero-order chi connectivity index (χ0) is 15.2. The van der Waals surface area contributed by atoms with E-state index in [2.05, 4.69) is 5.32 Å². The summed E-state index contributed by atoms with van der Waals surface area (Å²) >= 11 is 0. The van der Waals surface area contributed by atoms with Crippen LogP contribution in [0.1, 0.15) is 33.6 Å². The highest BCUT2D eigenvalue weighted by atomic mass is 16.5. The predicted molar refractivity (Wildman–Crippen MR) is 75.3 cm³/mol. The van der Waals surface area contributed by atoms with Crippen LogP contribution < -0.4 is 5.32 Å². The minimum atomic E-state index is -0.796. The van der Waals surface area contributed by atoms with Gasteiger partial charge < -0.3 is 19.7 Å². The summed E-state index contributed by atoms with van der Waals surface area (Å²) in [5.74, 6) is -0.0988. The van der Waals surface area contributed by atoms with Crippen LogP contribution in [0.15, 0.2) is 0 Å². The molecule has 6 nitrogen and oxygen atoms in total. The fourth-order valence-electron chi connectivity index (χ4n) is 2.22. The van der Waals surface area contributed by atoms with E-state index in [4.69, 9.17) is 9.47 Å². The van der Waals surface area contributed by atoms with Crippen molar-refractivity contribution in [2.75, 3.05) is 33.5 Å². The number of carbonyl (C=O) groups excluding carboxylic acids is 2. The highest BCUT2D eigenvalue weighted by molar-refractivity contribution is 5.99. The van der Waals surface area contributed by atoms with Gasteiger partial charge in [-0.15, -0.1) is 0 Å². The van der Waals surface area contributed by atoms with E-state index in [1.165, 1.54) is 0 Å². The Bertz CT molecular complexity index is 344. The predicted octanol–water partition coefficient (Wildman–Crippen LogP) is 0.555. The average molecular weight is 286 g/mol. The van der Waals surface area contributed by atoms with Gasteiger partial charge in [0.2, 0.25) is 11.8 Å². The first kappa shape index (κ1) is 16.9. The lowest BCUT2D eigenvalue weighted by Crippen LogP contribution is -2.68. The monoisotopic (exact) mass is 286 g/mol. The van der Waals surface area contributed by atoms with Gasteiger partial charge in [-0.3, -0.25) is 9.59 Å². The van der Waals surface area contributed by atoms with Gasteiger partial charge in [0.1, 0.15) is 11.6 Å². The van der Waals surface area contributed by atoms with Crippen LogP contribution in [-0.2, 0) is 19.1 Å². The first-order valence-electron chi connectivity index (χ1n) is 7.14. The number of carbonyl (C=O) groups is 2. The van der Waals surface area contributed by atoms with Crippen molar-refractivity contribution in [1.82, 2.24) is 10.2 Å². The molecule has 1 aliphatic rings. The summed E-state index contributed by atoms with van der Waals surface area (Å²) in [4.78, 5) is 26.1. The van der Waals surface area contributed by atoms with Crippen LogP contribution in [0.5, 0.6) is 0 Å². The third kappa shape index (κ3) is 3.93. The van der Waals surface area contributed by atoms with Crippen LogP contribution in [0.4, 0.5) is 0 Å². The molecule has 1 atom stereocenters. The van der Waals surface area contributed by atoms with Gasteiger partial charge >= 0.3 is 0 Å². The molecule has 1 heterocycles. The summed E-state index contributed by atoms with van der Waals surface area (Å²) in [5.41, 5.74) is -0.796. The molecule has 1 saturated heterocycles. The van der Waals surface area contributed by atoms with Gasteiger partial charge in [0.05, 0.1) is 13.2 Å². The lowest BCUT2D eigenvalue weighted by Gasteiger charge is -2.44. The van der Waals surface area contributed by atoms with Gasteiger partial charge in [-0.1, -0.05) is 6.92 Å². The molecule has 0 aliphatic carbocycles. The van der Waals surface area contributed by atoms with Gasteiger partial charge in [0.25, 0.3) is 0 Å². The Morgan fingerprint density at radius 3 is 2.55 bits per heavy atom. The summed E-state index contributed by atoms with van der Waals surface area (Å²) in [5, 5.41) is 2.78. The number of rotatable bonds is 8. The number of hydrogen-bond donors (Lipinski definition) is 1. The van der Waals surface area contributed by atoms with E-state index in [0.717, 1.165) is 0 Å². The number of amides is 2. The number of hydrogen-bond acceptors (Lipinski definition) is 4. The Morgan fingerprint density at radius 2 is 1.95 bits per heavy atom. The largest absolute Gasteiger partial charge is 0.382 e. The molecule has 1 fully saturated rings. The summed E-state index contributed by atoms with van der Waals surface area (Å²) in [6.07, 6.45) is 1.32. The summed E-state index contributed by atoms with van der Waals surface area (Å²) in [7, 11) is 1.63. The van der Waals surface area contributed by atoms with Crippen LogP contribution in [-0.4, -0.2) is 61.8 Å². The molecule has 0 spiro atoms. The SMILES string of the molecule is CCC1NC(=O)C(C)(C)N(CCCOCCOC)C1=O. The quantitative estimate of drug-likeness (QED) is 0.662. The van der Waals surface area contributed by atoms with Gasteiger partial charge in [-0.2, -0.15) is 0 Å². The van der Waals surface area contributed by atoms with Crippen molar-refractivity contribution < 1.29 is 19.1 Å². The molecule has 116 valence electrons. The Kier molecular flexibility index (Phi) is 6.42. The first-order chi connectivity index (χ1) is 9.45. The van der Waals surface area contributed by atoms with Crippen molar-refractivity contribution in [2.24, 2.45) is 0 Å². The van der Waals surface area contributed by atoms with Crippen molar-refractivity contribution in [3.8, 4) is 0 Å². The standard InChI is InChI=1S/C14H26N2O4/c1-5-11-12(17)16(14(2,3)13(18)15-11)7-6-8-20-10-9-19-4/h11H,5-10H2,1-4H3,(H,15,18). The Hall–Kier alpha value is -1.14. The molecule has 0 aromatic heterocycles. The van der Waals surface area contributed by atoms with Crippen LogP contribution in [0.2, 0.25) is 0 Å². The third-order valence-corrected chi connectivity index (χ3v) is 3.61. The van der Waals surface area contributed by atoms with Gasteiger partial charge in [0, 0.05) is 20.3 Å². The second kappa shape index (κ2) is 7.59. The van der Waals surface area contributed by atoms with E-state index in [9.17, 15) is 9.59 Å². The third-order valence-electron chi connectivity index (χ3n) is 3.61. The van der Waals surface area contributed by atoms with E-state index >= 15 is 0 Å². The number of piperazine rings is 1. The average Bonchev–Trinajstić information content (AvgIpc) is 2.41. The van der Waals surface area contributed by atoms with Crippen LogP contribution >= 0.6 is 0 Å². The highest BCUT2D eigenvalue weighted by Gasteiger charge is 2.45. The summed E-state index contributed by atoms with van der Waals surface area (Å²) in [6, 6.07) is -0.398. The molecule has 0 bridgehead atoms. The maximum Gasteiger partial charge on any atom is 0.246 e. The molecule has 1 rings (SSSR count). The topological polar surface area (TPSA) is 67.9 Å². The number of nitrogens with zero attached hydrogens (tertiary/aromatic N) is 1. The van der Waals surface area contributed by atoms with E-state index in [1.807, 2.05) is 6.92 Å². The van der Waals surface area contributed by atoms with Crippen molar-refractivity contribution in [3.05, 3.63) is 0 Å². The van der Waals surface area contributed by atoms with Gasteiger partial charge in [0.15, 0.2) is 0 Å². The molecule has 20 heavy (non-hydrogen) atoms. The smallest absolute Gasteiger partial charge is 0.246 e. The van der Waals surface area contributed by atoms with Crippen molar-refractivity contribution >= 4 is 11.8 Å². The minimum absolute atomic E-state index is 0.00556. The molecule has 0 aromatic carbocycles. The molecule has 1 unspecified atom stereocenters. The summed E-state index contributed by atoms with van der Waals surface area (Å²) < 4.78 is 10.3. The Morgan fingerprint density at radius 1 is 1.25 bits per heavy atom. The molecular formula is C14H26N2O4. The van der Waals surface area contributed by atoms with E-state index in [-0.39, 0.29) is 11.8 Å². The van der Waals surface area contributed by atoms with Crippen molar-refractivity contribution in [3.63, 3.8) is 0 Å². The maximum absolute atomic E-state index is 12.3. The molecule has 0 saturated carbocycles. The fraction of sp³-hybridized carbons (Fsp3) is 0.857. The molecule has 1 aliphatic heterocycles. The normalized spacial score (nSPS) is 22.0. The summed E-state index contributed by atoms with van der Waals surface area (Å²) in [6.45, 7) is 7.65. The lowest BCUT2D eigenvalue weighted by molar-refractivity contribution is -0.155. The molecule has 1 N–H and O–H groups in total. The minimum Gasteiger partial charge on any atom is -0.382 e. The number of ether oxygens (including phenoxy) is 2. The van der Waals surface area contributed by atoms with E-state index in [0.29, 0.717) is 39.2 Å². The molecule has 2 amide bonds.